The van der Waals surface area contributed by atoms with E-state index in [0.29, 0.717) is 16.3 Å². The van der Waals surface area contributed by atoms with Gasteiger partial charge in [0.1, 0.15) is 10.0 Å². The summed E-state index contributed by atoms with van der Waals surface area (Å²) in [6.45, 7) is 5.80. The van der Waals surface area contributed by atoms with E-state index in [2.05, 4.69) is 16.4 Å². The maximum atomic E-state index is 12.5. The molecule has 1 amide bonds. The molecule has 0 bridgehead atoms. The van der Waals surface area contributed by atoms with E-state index in [1.165, 1.54) is 35.3 Å². The zero-order chi connectivity index (χ0) is 19.6. The van der Waals surface area contributed by atoms with Gasteiger partial charge in [0, 0.05) is 15.8 Å². The fourth-order valence-electron chi connectivity index (χ4n) is 2.70. The third-order valence-corrected chi connectivity index (χ3v) is 6.25. The van der Waals surface area contributed by atoms with Crippen molar-refractivity contribution in [3.05, 3.63) is 56.9 Å². The van der Waals surface area contributed by atoms with Gasteiger partial charge in [-0.15, -0.1) is 22.7 Å². The Kier molecular flexibility index (Phi) is 5.72. The quantitative estimate of drug-likeness (QED) is 0.627. The van der Waals surface area contributed by atoms with Gasteiger partial charge in [-0.2, -0.15) is 0 Å². The number of anilines is 1. The number of aromatic nitrogens is 1. The van der Waals surface area contributed by atoms with E-state index >= 15 is 0 Å². The van der Waals surface area contributed by atoms with Gasteiger partial charge in [-0.25, -0.2) is 9.78 Å². The zero-order valence-electron chi connectivity index (χ0n) is 15.6. The molecule has 2 heterocycles. The normalized spacial score (nSPS) is 10.7. The number of nitrogens with one attached hydrogen (secondary N) is 1. The van der Waals surface area contributed by atoms with Gasteiger partial charge in [0.2, 0.25) is 5.91 Å². The van der Waals surface area contributed by atoms with E-state index in [0.717, 1.165) is 21.0 Å². The first-order valence-electron chi connectivity index (χ1n) is 8.38. The highest BCUT2D eigenvalue weighted by Gasteiger charge is 2.22. The van der Waals surface area contributed by atoms with Gasteiger partial charge in [-0.1, -0.05) is 23.8 Å². The summed E-state index contributed by atoms with van der Waals surface area (Å²) >= 11 is 2.89. The van der Waals surface area contributed by atoms with Crippen LogP contribution in [0.5, 0.6) is 0 Å². The number of hydrogen-bond donors (Lipinski definition) is 1. The molecule has 1 aromatic carbocycles. The second kappa shape index (κ2) is 8.02. The van der Waals surface area contributed by atoms with Crippen LogP contribution in [0.2, 0.25) is 0 Å². The maximum absolute atomic E-state index is 12.5. The molecular weight excluding hydrogens is 380 g/mol. The average molecular weight is 401 g/mol. The number of amides is 1. The number of carbonyl (C=O) groups excluding carboxylic acids is 2. The summed E-state index contributed by atoms with van der Waals surface area (Å²) < 4.78 is 4.84. The Morgan fingerprint density at radius 1 is 1.22 bits per heavy atom. The van der Waals surface area contributed by atoms with Crippen LogP contribution < -0.4 is 5.32 Å². The number of aryl methyl sites for hydroxylation is 2. The van der Waals surface area contributed by atoms with Crippen molar-refractivity contribution in [3.8, 4) is 10.6 Å². The molecular formula is C20H20N2O3S2. The zero-order valence-corrected chi connectivity index (χ0v) is 17.2. The topological polar surface area (TPSA) is 68.3 Å². The van der Waals surface area contributed by atoms with Crippen LogP contribution in [-0.4, -0.2) is 24.0 Å². The number of hydrogen-bond acceptors (Lipinski definition) is 6. The number of carbonyl (C=O) groups is 2. The minimum atomic E-state index is -0.442. The number of esters is 1. The molecule has 27 heavy (non-hydrogen) atoms. The van der Waals surface area contributed by atoms with Crippen molar-refractivity contribution in [1.29, 1.82) is 0 Å². The van der Waals surface area contributed by atoms with E-state index in [-0.39, 0.29) is 12.3 Å². The number of benzene rings is 1. The predicted octanol–water partition coefficient (Wildman–Crippen LogP) is 4.76. The molecule has 0 unspecified atom stereocenters. The van der Waals surface area contributed by atoms with Crippen molar-refractivity contribution < 1.29 is 14.3 Å². The van der Waals surface area contributed by atoms with E-state index < -0.39 is 5.97 Å². The number of thiazole rings is 1. The molecule has 3 rings (SSSR count). The minimum absolute atomic E-state index is 0.152. The lowest BCUT2D eigenvalue weighted by atomic mass is 10.1. The Bertz CT molecular complexity index is 1000. The van der Waals surface area contributed by atoms with Gasteiger partial charge in [-0.3, -0.25) is 4.79 Å². The smallest absolute Gasteiger partial charge is 0.341 e. The van der Waals surface area contributed by atoms with Crippen LogP contribution in [0.15, 0.2) is 29.6 Å². The standard InChI is InChI=1S/C20H20N2O3S2/c1-11-6-5-7-14(8-11)18-21-15(10-26-18)9-16(23)22-19-17(20(24)25-4)12(2)13(3)27-19/h5-8,10H,9H2,1-4H3,(H,22,23). The molecule has 0 radical (unpaired) electrons. The molecule has 0 saturated heterocycles. The highest BCUT2D eigenvalue weighted by Crippen LogP contribution is 2.33. The van der Waals surface area contributed by atoms with Crippen LogP contribution in [0.4, 0.5) is 5.00 Å². The first kappa shape index (κ1) is 19.3. The molecule has 0 saturated carbocycles. The molecule has 3 aromatic rings. The molecule has 0 fully saturated rings. The van der Waals surface area contributed by atoms with Gasteiger partial charge in [0.25, 0.3) is 0 Å². The van der Waals surface area contributed by atoms with E-state index in [9.17, 15) is 9.59 Å². The molecule has 0 spiro atoms. The summed E-state index contributed by atoms with van der Waals surface area (Å²) in [4.78, 5) is 30.0. The number of thiophene rings is 1. The van der Waals surface area contributed by atoms with Crippen LogP contribution in [0.25, 0.3) is 10.6 Å². The Morgan fingerprint density at radius 3 is 2.70 bits per heavy atom. The number of nitrogens with zero attached hydrogens (tertiary/aromatic N) is 1. The third kappa shape index (κ3) is 4.26. The van der Waals surface area contributed by atoms with Crippen LogP contribution >= 0.6 is 22.7 Å². The largest absolute Gasteiger partial charge is 0.465 e. The molecule has 0 aliphatic rings. The summed E-state index contributed by atoms with van der Waals surface area (Å²) in [7, 11) is 1.34. The average Bonchev–Trinajstić information content (AvgIpc) is 3.19. The van der Waals surface area contributed by atoms with Crippen LogP contribution in [0.1, 0.15) is 32.1 Å². The molecule has 0 atom stereocenters. The number of rotatable bonds is 5. The van der Waals surface area contributed by atoms with E-state index in [1.807, 2.05) is 44.4 Å². The second-order valence-corrected chi connectivity index (χ2v) is 8.30. The summed E-state index contributed by atoms with van der Waals surface area (Å²) in [6.07, 6.45) is 0.152. The summed E-state index contributed by atoms with van der Waals surface area (Å²) in [6, 6.07) is 8.11. The summed E-state index contributed by atoms with van der Waals surface area (Å²) in [5, 5.41) is 6.14. The van der Waals surface area contributed by atoms with Crippen molar-refractivity contribution >= 4 is 39.6 Å². The Morgan fingerprint density at radius 2 is 2.00 bits per heavy atom. The number of ether oxygens (including phenoxy) is 1. The van der Waals surface area contributed by atoms with Gasteiger partial charge < -0.3 is 10.1 Å². The monoisotopic (exact) mass is 400 g/mol. The Balaban J connectivity index is 1.74. The lowest BCUT2D eigenvalue weighted by molar-refractivity contribution is -0.115. The van der Waals surface area contributed by atoms with Crippen molar-refractivity contribution in [2.24, 2.45) is 0 Å². The molecule has 0 aliphatic carbocycles. The summed E-state index contributed by atoms with van der Waals surface area (Å²) in [5.74, 6) is -0.648. The van der Waals surface area contributed by atoms with Crippen LogP contribution in [0.3, 0.4) is 0 Å². The lowest BCUT2D eigenvalue weighted by Crippen LogP contribution is -2.16. The van der Waals surface area contributed by atoms with E-state index in [1.54, 1.807) is 0 Å². The van der Waals surface area contributed by atoms with Crippen molar-refractivity contribution in [2.45, 2.75) is 27.2 Å². The van der Waals surface area contributed by atoms with Gasteiger partial charge in [0.05, 0.1) is 24.8 Å². The predicted molar refractivity (Wildman–Crippen MR) is 110 cm³/mol. The fourth-order valence-corrected chi connectivity index (χ4v) is 4.58. The summed E-state index contributed by atoms with van der Waals surface area (Å²) in [5.41, 5.74) is 4.17. The third-order valence-electron chi connectivity index (χ3n) is 4.19. The van der Waals surface area contributed by atoms with Gasteiger partial charge in [0.15, 0.2) is 0 Å². The molecule has 7 heteroatoms. The van der Waals surface area contributed by atoms with Crippen LogP contribution in [-0.2, 0) is 16.0 Å². The second-order valence-electron chi connectivity index (χ2n) is 6.22. The van der Waals surface area contributed by atoms with Crippen LogP contribution in [0, 0.1) is 20.8 Å². The minimum Gasteiger partial charge on any atom is -0.465 e. The highest BCUT2D eigenvalue weighted by atomic mass is 32.1. The van der Waals surface area contributed by atoms with Gasteiger partial charge in [-0.05, 0) is 32.4 Å². The Hall–Kier alpha value is -2.51. The molecule has 140 valence electrons. The molecule has 5 nitrogen and oxygen atoms in total. The SMILES string of the molecule is COC(=O)c1c(NC(=O)Cc2csc(-c3cccc(C)c3)n2)sc(C)c1C. The van der Waals surface area contributed by atoms with Crippen molar-refractivity contribution in [3.63, 3.8) is 0 Å². The first-order chi connectivity index (χ1) is 12.9. The highest BCUT2D eigenvalue weighted by molar-refractivity contribution is 7.16. The lowest BCUT2D eigenvalue weighted by Gasteiger charge is -2.05. The first-order valence-corrected chi connectivity index (χ1v) is 10.1. The van der Waals surface area contributed by atoms with Crippen molar-refractivity contribution in [1.82, 2.24) is 4.98 Å². The number of methoxy groups -OCH3 is 1. The molecule has 2 aromatic heterocycles. The Labute approximate surface area is 166 Å². The molecule has 1 N–H and O–H groups in total. The fraction of sp³-hybridized carbons (Fsp3) is 0.250. The van der Waals surface area contributed by atoms with Crippen molar-refractivity contribution in [2.75, 3.05) is 12.4 Å². The van der Waals surface area contributed by atoms with Gasteiger partial charge >= 0.3 is 5.97 Å². The van der Waals surface area contributed by atoms with E-state index in [4.69, 9.17) is 4.74 Å². The maximum Gasteiger partial charge on any atom is 0.341 e. The molecule has 0 aliphatic heterocycles.